The van der Waals surface area contributed by atoms with Crippen LogP contribution in [0.4, 0.5) is 61.9 Å². The van der Waals surface area contributed by atoms with Crippen LogP contribution in [0.15, 0.2) is 0 Å². The van der Waals surface area contributed by atoms with Crippen LogP contribution in [-0.4, -0.2) is 66.1 Å². The minimum atomic E-state index is -8.08. The van der Waals surface area contributed by atoms with Gasteiger partial charge in [0.1, 0.15) is 11.6 Å². The predicted octanol–water partition coefficient (Wildman–Crippen LogP) is 5.96. The highest BCUT2D eigenvalue weighted by atomic mass is 19.4. The van der Waals surface area contributed by atoms with E-state index in [2.05, 4.69) is 9.47 Å². The van der Waals surface area contributed by atoms with Crippen LogP contribution in [0.3, 0.4) is 0 Å². The standard InChI is InChI=1S/C17H20F13NO4/c1-5-6-34-9(32)8(31-10(33)35-11(2,3)4)7-12(18,19)13(20,21)14(22,23)15(24,25)16(26,27)17(28,29)30/h8H,5-7H2,1-4H3,(H,31,33). The van der Waals surface area contributed by atoms with Gasteiger partial charge in [-0.2, -0.15) is 57.1 Å². The third kappa shape index (κ3) is 6.74. The van der Waals surface area contributed by atoms with Gasteiger partial charge in [-0.1, -0.05) is 6.92 Å². The van der Waals surface area contributed by atoms with Crippen LogP contribution in [0.5, 0.6) is 0 Å². The van der Waals surface area contributed by atoms with Crippen LogP contribution >= 0.6 is 0 Å². The third-order valence-electron chi connectivity index (χ3n) is 3.88. The zero-order valence-electron chi connectivity index (χ0n) is 18.2. The highest BCUT2D eigenvalue weighted by Gasteiger charge is 2.90. The SMILES string of the molecule is CCCOC(=O)C(CC(F)(F)C(F)(F)C(F)(F)C(F)(F)C(F)(F)C(F)(F)F)NC(=O)OC(C)(C)C. The van der Waals surface area contributed by atoms with E-state index < -0.39 is 72.5 Å². The second-order valence-electron chi connectivity index (χ2n) is 8.07. The van der Waals surface area contributed by atoms with Crippen molar-refractivity contribution < 1.29 is 76.1 Å². The molecule has 1 amide bonds. The lowest BCUT2D eigenvalue weighted by atomic mass is 9.91. The van der Waals surface area contributed by atoms with Crippen molar-refractivity contribution in [3.05, 3.63) is 0 Å². The molecule has 35 heavy (non-hydrogen) atoms. The molecule has 1 atom stereocenters. The normalized spacial score (nSPS) is 15.5. The molecule has 0 bridgehead atoms. The van der Waals surface area contributed by atoms with E-state index in [1.807, 2.05) is 0 Å². The number of carbonyl (C=O) groups is 2. The number of ether oxygens (including phenoxy) is 2. The van der Waals surface area contributed by atoms with E-state index in [0.29, 0.717) is 0 Å². The van der Waals surface area contributed by atoms with Gasteiger partial charge < -0.3 is 14.8 Å². The molecule has 0 saturated carbocycles. The van der Waals surface area contributed by atoms with Gasteiger partial charge in [-0.3, -0.25) is 0 Å². The zero-order valence-corrected chi connectivity index (χ0v) is 18.2. The number of alkyl halides is 13. The molecule has 208 valence electrons. The van der Waals surface area contributed by atoms with Crippen LogP contribution in [0.25, 0.3) is 0 Å². The second-order valence-corrected chi connectivity index (χ2v) is 8.07. The van der Waals surface area contributed by atoms with Crippen molar-refractivity contribution in [3.8, 4) is 0 Å². The van der Waals surface area contributed by atoms with Crippen molar-refractivity contribution >= 4 is 12.1 Å². The van der Waals surface area contributed by atoms with E-state index in [1.54, 1.807) is 0 Å². The lowest BCUT2D eigenvalue weighted by Crippen LogP contribution is -2.70. The largest absolute Gasteiger partial charge is 0.464 e. The molecule has 1 N–H and O–H groups in total. The van der Waals surface area contributed by atoms with Crippen molar-refractivity contribution in [1.29, 1.82) is 0 Å². The predicted molar refractivity (Wildman–Crippen MR) is 89.8 cm³/mol. The molecule has 0 aromatic carbocycles. The van der Waals surface area contributed by atoms with Gasteiger partial charge in [0.15, 0.2) is 0 Å². The minimum absolute atomic E-state index is 0.0196. The number of esters is 1. The average molecular weight is 549 g/mol. The first-order valence-electron chi connectivity index (χ1n) is 9.31. The Balaban J connectivity index is 6.32. The molecule has 0 radical (unpaired) electrons. The zero-order chi connectivity index (χ0) is 28.5. The van der Waals surface area contributed by atoms with Crippen molar-refractivity contribution in [1.82, 2.24) is 5.32 Å². The molecule has 1 unspecified atom stereocenters. The Kier molecular flexibility index (Phi) is 9.44. The first-order chi connectivity index (χ1) is 15.2. The van der Waals surface area contributed by atoms with E-state index in [4.69, 9.17) is 0 Å². The lowest BCUT2D eigenvalue weighted by Gasteiger charge is -2.40. The van der Waals surface area contributed by atoms with Crippen LogP contribution in [0, 0.1) is 0 Å². The molecule has 0 heterocycles. The summed E-state index contributed by atoms with van der Waals surface area (Å²) in [5, 5.41) is 1.25. The van der Waals surface area contributed by atoms with Gasteiger partial charge >= 0.3 is 47.9 Å². The van der Waals surface area contributed by atoms with Crippen LogP contribution < -0.4 is 5.32 Å². The Morgan fingerprint density at radius 3 is 1.54 bits per heavy atom. The van der Waals surface area contributed by atoms with Gasteiger partial charge in [-0.15, -0.1) is 0 Å². The van der Waals surface area contributed by atoms with Gasteiger partial charge in [-0.05, 0) is 27.2 Å². The molecule has 0 saturated heterocycles. The number of halogens is 13. The first kappa shape index (κ1) is 32.8. The van der Waals surface area contributed by atoms with Crippen molar-refractivity contribution in [3.63, 3.8) is 0 Å². The lowest BCUT2D eigenvalue weighted by molar-refractivity contribution is -0.440. The summed E-state index contributed by atoms with van der Waals surface area (Å²) < 4.78 is 181. The number of amides is 1. The topological polar surface area (TPSA) is 64.6 Å². The Morgan fingerprint density at radius 1 is 0.743 bits per heavy atom. The number of alkyl carbamates (subject to hydrolysis) is 1. The smallest absolute Gasteiger partial charge is 0.460 e. The Bertz CT molecular complexity index is 760. The molecule has 0 aliphatic rings. The molecule has 0 rings (SSSR count). The highest BCUT2D eigenvalue weighted by Crippen LogP contribution is 2.60. The molecule has 5 nitrogen and oxygen atoms in total. The maximum atomic E-state index is 14.1. The van der Waals surface area contributed by atoms with E-state index in [9.17, 15) is 66.7 Å². The summed E-state index contributed by atoms with van der Waals surface area (Å²) in [5.74, 6) is -40.2. The summed E-state index contributed by atoms with van der Waals surface area (Å²) in [6, 6.07) is -3.01. The van der Waals surface area contributed by atoms with Crippen LogP contribution in [-0.2, 0) is 14.3 Å². The highest BCUT2D eigenvalue weighted by molar-refractivity contribution is 5.81. The van der Waals surface area contributed by atoms with Crippen molar-refractivity contribution in [2.24, 2.45) is 0 Å². The van der Waals surface area contributed by atoms with E-state index >= 15 is 0 Å². The number of hydrogen-bond donors (Lipinski definition) is 1. The Hall–Kier alpha value is -2.17. The van der Waals surface area contributed by atoms with Gasteiger partial charge in [0.25, 0.3) is 0 Å². The molecule has 0 spiro atoms. The molecule has 0 fully saturated rings. The van der Waals surface area contributed by atoms with Gasteiger partial charge in [0.05, 0.1) is 6.61 Å². The summed E-state index contributed by atoms with van der Waals surface area (Å²) in [4.78, 5) is 23.6. The fourth-order valence-electron chi connectivity index (χ4n) is 2.13. The molecular weight excluding hydrogens is 529 g/mol. The molecule has 0 aromatic rings. The van der Waals surface area contributed by atoms with Crippen molar-refractivity contribution in [2.45, 2.75) is 88.0 Å². The number of carbonyl (C=O) groups excluding carboxylic acids is 2. The Morgan fingerprint density at radius 2 is 1.17 bits per heavy atom. The Labute approximate surface area is 189 Å². The quantitative estimate of drug-likeness (QED) is 0.270. The van der Waals surface area contributed by atoms with Gasteiger partial charge in [0, 0.05) is 6.42 Å². The van der Waals surface area contributed by atoms with Crippen LogP contribution in [0.1, 0.15) is 40.5 Å². The molecular formula is C17H20F13NO4. The number of nitrogens with one attached hydrogen (secondary N) is 1. The maximum absolute atomic E-state index is 14.1. The summed E-state index contributed by atoms with van der Waals surface area (Å²) in [5.41, 5.74) is -1.40. The second kappa shape index (κ2) is 10.1. The minimum Gasteiger partial charge on any atom is -0.464 e. The number of hydrogen-bond acceptors (Lipinski definition) is 4. The molecule has 0 aliphatic carbocycles. The van der Waals surface area contributed by atoms with Crippen molar-refractivity contribution in [2.75, 3.05) is 6.61 Å². The van der Waals surface area contributed by atoms with E-state index in [-0.39, 0.29) is 6.42 Å². The number of rotatable bonds is 10. The molecule has 0 aromatic heterocycles. The van der Waals surface area contributed by atoms with E-state index in [1.165, 1.54) is 33.0 Å². The molecule has 0 aliphatic heterocycles. The van der Waals surface area contributed by atoms with Gasteiger partial charge in [-0.25, -0.2) is 9.59 Å². The summed E-state index contributed by atoms with van der Waals surface area (Å²) in [7, 11) is 0. The van der Waals surface area contributed by atoms with Gasteiger partial charge in [0.2, 0.25) is 0 Å². The molecule has 18 heteroatoms. The maximum Gasteiger partial charge on any atom is 0.460 e. The average Bonchev–Trinajstić information content (AvgIpc) is 2.62. The third-order valence-corrected chi connectivity index (χ3v) is 3.88. The summed E-state index contributed by atoms with van der Waals surface area (Å²) in [6.07, 6.45) is -12.3. The summed E-state index contributed by atoms with van der Waals surface area (Å²) in [6.45, 7) is 4.34. The summed E-state index contributed by atoms with van der Waals surface area (Å²) >= 11 is 0. The monoisotopic (exact) mass is 549 g/mol. The fourth-order valence-corrected chi connectivity index (χ4v) is 2.13. The van der Waals surface area contributed by atoms with E-state index in [0.717, 1.165) is 0 Å². The van der Waals surface area contributed by atoms with Crippen LogP contribution in [0.2, 0.25) is 0 Å². The first-order valence-corrected chi connectivity index (χ1v) is 9.31. The fraction of sp³-hybridized carbons (Fsp3) is 0.882.